The average Bonchev–Trinajstić information content (AvgIpc) is 3.23. The SMILES string of the molecule is NC(=O)[C@@H]1CCN(C(=O)Cn2nnc(COc3ccccc3)n2)C1. The van der Waals surface area contributed by atoms with Crippen LogP contribution in [0.5, 0.6) is 5.75 Å². The average molecular weight is 330 g/mol. The number of aromatic nitrogens is 4. The van der Waals surface area contributed by atoms with Gasteiger partial charge in [-0.2, -0.15) is 4.80 Å². The number of benzene rings is 1. The topological polar surface area (TPSA) is 116 Å². The molecule has 1 aromatic carbocycles. The molecule has 9 nitrogen and oxygen atoms in total. The van der Waals surface area contributed by atoms with Crippen molar-refractivity contribution in [1.82, 2.24) is 25.1 Å². The van der Waals surface area contributed by atoms with Crippen LogP contribution in [-0.4, -0.2) is 50.0 Å². The van der Waals surface area contributed by atoms with Gasteiger partial charge in [0.2, 0.25) is 17.6 Å². The molecule has 2 amide bonds. The standard InChI is InChI=1S/C15H18N6O3/c16-15(23)11-6-7-20(8-11)14(22)9-21-18-13(17-19-21)10-24-12-4-2-1-3-5-12/h1-5,11H,6-10H2,(H2,16,23)/t11-/m1/s1. The molecule has 126 valence electrons. The molecule has 3 rings (SSSR count). The van der Waals surface area contributed by atoms with Gasteiger partial charge in [-0.15, -0.1) is 10.2 Å². The van der Waals surface area contributed by atoms with E-state index >= 15 is 0 Å². The Hall–Kier alpha value is -2.97. The van der Waals surface area contributed by atoms with Crippen LogP contribution in [0.2, 0.25) is 0 Å². The van der Waals surface area contributed by atoms with Crippen molar-refractivity contribution in [2.45, 2.75) is 19.6 Å². The highest BCUT2D eigenvalue weighted by atomic mass is 16.5. The number of ether oxygens (including phenoxy) is 1. The molecular weight excluding hydrogens is 312 g/mol. The largest absolute Gasteiger partial charge is 0.485 e. The summed E-state index contributed by atoms with van der Waals surface area (Å²) < 4.78 is 5.53. The van der Waals surface area contributed by atoms with Gasteiger partial charge < -0.3 is 15.4 Å². The van der Waals surface area contributed by atoms with E-state index in [9.17, 15) is 9.59 Å². The van der Waals surface area contributed by atoms with Crippen molar-refractivity contribution in [3.8, 4) is 5.75 Å². The molecule has 0 unspecified atom stereocenters. The number of nitrogens with zero attached hydrogens (tertiary/aromatic N) is 5. The summed E-state index contributed by atoms with van der Waals surface area (Å²) in [5.41, 5.74) is 5.27. The summed E-state index contributed by atoms with van der Waals surface area (Å²) >= 11 is 0. The van der Waals surface area contributed by atoms with Crippen molar-refractivity contribution in [3.05, 3.63) is 36.2 Å². The van der Waals surface area contributed by atoms with Gasteiger partial charge in [-0.3, -0.25) is 9.59 Å². The Bertz CT molecular complexity index is 717. The Morgan fingerprint density at radius 1 is 1.29 bits per heavy atom. The second-order valence-corrected chi connectivity index (χ2v) is 5.57. The second-order valence-electron chi connectivity index (χ2n) is 5.57. The second kappa shape index (κ2) is 7.07. The number of hydrogen-bond acceptors (Lipinski definition) is 6. The van der Waals surface area contributed by atoms with Crippen LogP contribution in [0.3, 0.4) is 0 Å². The molecule has 1 saturated heterocycles. The van der Waals surface area contributed by atoms with E-state index < -0.39 is 0 Å². The van der Waals surface area contributed by atoms with Crippen molar-refractivity contribution >= 4 is 11.8 Å². The Morgan fingerprint density at radius 2 is 2.08 bits per heavy atom. The molecular formula is C15H18N6O3. The van der Waals surface area contributed by atoms with Crippen molar-refractivity contribution in [3.63, 3.8) is 0 Å². The molecule has 24 heavy (non-hydrogen) atoms. The highest BCUT2D eigenvalue weighted by Gasteiger charge is 2.29. The maximum Gasteiger partial charge on any atom is 0.246 e. The van der Waals surface area contributed by atoms with Gasteiger partial charge in [0.25, 0.3) is 0 Å². The number of primary amides is 1. The van der Waals surface area contributed by atoms with Gasteiger partial charge in [0, 0.05) is 13.1 Å². The third-order valence-electron chi connectivity index (χ3n) is 3.83. The number of carbonyl (C=O) groups is 2. The fraction of sp³-hybridized carbons (Fsp3) is 0.400. The van der Waals surface area contributed by atoms with Crippen LogP contribution < -0.4 is 10.5 Å². The third kappa shape index (κ3) is 3.86. The van der Waals surface area contributed by atoms with E-state index in [1.807, 2.05) is 30.3 Å². The number of hydrogen-bond donors (Lipinski definition) is 1. The van der Waals surface area contributed by atoms with E-state index in [0.717, 1.165) is 0 Å². The van der Waals surface area contributed by atoms with E-state index in [1.165, 1.54) is 4.80 Å². The van der Waals surface area contributed by atoms with Crippen molar-refractivity contribution in [2.24, 2.45) is 11.7 Å². The predicted octanol–water partition coefficient (Wildman–Crippen LogP) is -0.414. The number of nitrogens with two attached hydrogens (primary N) is 1. The lowest BCUT2D eigenvalue weighted by Gasteiger charge is -2.14. The van der Waals surface area contributed by atoms with Crippen molar-refractivity contribution in [2.75, 3.05) is 13.1 Å². The maximum atomic E-state index is 12.2. The van der Waals surface area contributed by atoms with E-state index in [4.69, 9.17) is 10.5 Å². The first-order valence-electron chi connectivity index (χ1n) is 7.63. The third-order valence-corrected chi connectivity index (χ3v) is 3.83. The summed E-state index contributed by atoms with van der Waals surface area (Å²) in [7, 11) is 0. The molecule has 0 bridgehead atoms. The fourth-order valence-corrected chi connectivity index (χ4v) is 2.51. The first-order chi connectivity index (χ1) is 11.6. The Labute approximate surface area is 138 Å². The summed E-state index contributed by atoms with van der Waals surface area (Å²) in [6, 6.07) is 9.29. The molecule has 1 atom stereocenters. The number of para-hydroxylation sites is 1. The van der Waals surface area contributed by atoms with Crippen LogP contribution >= 0.6 is 0 Å². The zero-order chi connectivity index (χ0) is 16.9. The Balaban J connectivity index is 1.51. The molecule has 0 radical (unpaired) electrons. The number of tetrazole rings is 1. The van der Waals surface area contributed by atoms with Gasteiger partial charge in [-0.05, 0) is 23.8 Å². The summed E-state index contributed by atoms with van der Waals surface area (Å²) in [5, 5.41) is 11.8. The van der Waals surface area contributed by atoms with Gasteiger partial charge in [0.05, 0.1) is 5.92 Å². The maximum absolute atomic E-state index is 12.2. The summed E-state index contributed by atoms with van der Waals surface area (Å²) in [6.45, 7) is 1.02. The summed E-state index contributed by atoms with van der Waals surface area (Å²) in [4.78, 5) is 26.2. The van der Waals surface area contributed by atoms with E-state index in [-0.39, 0.29) is 30.9 Å². The highest BCUT2D eigenvalue weighted by molar-refractivity contribution is 5.80. The van der Waals surface area contributed by atoms with Crippen LogP contribution in [0.15, 0.2) is 30.3 Å². The first-order valence-corrected chi connectivity index (χ1v) is 7.63. The van der Waals surface area contributed by atoms with Crippen LogP contribution in [0.1, 0.15) is 12.2 Å². The minimum Gasteiger partial charge on any atom is -0.485 e. The van der Waals surface area contributed by atoms with Crippen LogP contribution in [0.4, 0.5) is 0 Å². The molecule has 0 saturated carbocycles. The molecule has 2 aromatic rings. The zero-order valence-corrected chi connectivity index (χ0v) is 13.0. The minimum absolute atomic E-state index is 0.0240. The van der Waals surface area contributed by atoms with Crippen molar-refractivity contribution in [1.29, 1.82) is 0 Å². The minimum atomic E-state index is -0.371. The quantitative estimate of drug-likeness (QED) is 0.769. The normalized spacial score (nSPS) is 17.0. The van der Waals surface area contributed by atoms with E-state index in [2.05, 4.69) is 15.4 Å². The zero-order valence-electron chi connectivity index (χ0n) is 13.0. The molecule has 2 N–H and O–H groups in total. The van der Waals surface area contributed by atoms with Crippen LogP contribution in [0.25, 0.3) is 0 Å². The number of likely N-dealkylation sites (tertiary alicyclic amines) is 1. The monoisotopic (exact) mass is 330 g/mol. The van der Waals surface area contributed by atoms with Crippen LogP contribution in [0, 0.1) is 5.92 Å². The lowest BCUT2D eigenvalue weighted by atomic mass is 10.1. The molecule has 2 heterocycles. The molecule has 1 aromatic heterocycles. The van der Waals surface area contributed by atoms with Crippen molar-refractivity contribution < 1.29 is 14.3 Å². The number of rotatable bonds is 6. The van der Waals surface area contributed by atoms with Gasteiger partial charge in [-0.1, -0.05) is 18.2 Å². The Morgan fingerprint density at radius 3 is 2.79 bits per heavy atom. The smallest absolute Gasteiger partial charge is 0.246 e. The number of amides is 2. The van der Waals surface area contributed by atoms with Crippen LogP contribution in [-0.2, 0) is 22.7 Å². The first kappa shape index (κ1) is 15.9. The molecule has 9 heteroatoms. The van der Waals surface area contributed by atoms with Gasteiger partial charge in [0.1, 0.15) is 12.3 Å². The summed E-state index contributed by atoms with van der Waals surface area (Å²) in [6.07, 6.45) is 0.599. The van der Waals surface area contributed by atoms with Gasteiger partial charge in [-0.25, -0.2) is 0 Å². The molecule has 1 fully saturated rings. The molecule has 0 spiro atoms. The molecule has 0 aliphatic carbocycles. The summed E-state index contributed by atoms with van der Waals surface area (Å²) in [5.74, 6) is 0.297. The molecule has 1 aliphatic rings. The number of carbonyl (C=O) groups excluding carboxylic acids is 2. The van der Waals surface area contributed by atoms with E-state index in [0.29, 0.717) is 31.1 Å². The lowest BCUT2D eigenvalue weighted by molar-refractivity contribution is -0.131. The van der Waals surface area contributed by atoms with E-state index in [1.54, 1.807) is 4.90 Å². The van der Waals surface area contributed by atoms with Gasteiger partial charge in [0.15, 0.2) is 6.61 Å². The fourth-order valence-electron chi connectivity index (χ4n) is 2.51. The molecule has 1 aliphatic heterocycles. The Kier molecular flexibility index (Phi) is 4.69. The predicted molar refractivity (Wildman–Crippen MR) is 82.5 cm³/mol. The van der Waals surface area contributed by atoms with Gasteiger partial charge >= 0.3 is 0 Å². The highest BCUT2D eigenvalue weighted by Crippen LogP contribution is 2.16. The lowest BCUT2D eigenvalue weighted by Crippen LogP contribution is -2.34.